The van der Waals surface area contributed by atoms with Gasteiger partial charge in [0, 0.05) is 4.88 Å². The summed E-state index contributed by atoms with van der Waals surface area (Å²) in [5, 5.41) is 4.81. The van der Waals surface area contributed by atoms with E-state index >= 15 is 0 Å². The van der Waals surface area contributed by atoms with Crippen molar-refractivity contribution in [3.05, 3.63) is 58.3 Å². The molecule has 0 saturated carbocycles. The summed E-state index contributed by atoms with van der Waals surface area (Å²) in [6.45, 7) is 1.14. The van der Waals surface area contributed by atoms with Gasteiger partial charge in [0.05, 0.1) is 13.2 Å². The lowest BCUT2D eigenvalue weighted by Gasteiger charge is -2.05. The number of amides is 1. The average Bonchev–Trinajstić information content (AvgIpc) is 2.91. The molecule has 3 nitrogen and oxygen atoms in total. The van der Waals surface area contributed by atoms with Gasteiger partial charge in [0.25, 0.3) is 0 Å². The van der Waals surface area contributed by atoms with Gasteiger partial charge in [-0.05, 0) is 17.0 Å². The number of nitrogens with one attached hydrogen (secondary N) is 1. The summed E-state index contributed by atoms with van der Waals surface area (Å²) in [6, 6.07) is 13.8. The van der Waals surface area contributed by atoms with Crippen LogP contribution in [0.25, 0.3) is 0 Å². The molecular formula is C14H15NO2S. The second-order valence-electron chi connectivity index (χ2n) is 3.83. The van der Waals surface area contributed by atoms with E-state index in [4.69, 9.17) is 4.74 Å². The number of hydrogen-bond acceptors (Lipinski definition) is 3. The van der Waals surface area contributed by atoms with Gasteiger partial charge in [-0.25, -0.2) is 0 Å². The fraction of sp³-hybridized carbons (Fsp3) is 0.214. The molecule has 18 heavy (non-hydrogen) atoms. The number of rotatable bonds is 6. The average molecular weight is 261 g/mol. The molecule has 0 aliphatic heterocycles. The van der Waals surface area contributed by atoms with Crippen molar-refractivity contribution >= 4 is 17.2 Å². The van der Waals surface area contributed by atoms with Crippen molar-refractivity contribution in [1.82, 2.24) is 5.32 Å². The van der Waals surface area contributed by atoms with Crippen LogP contribution in [0.5, 0.6) is 0 Å². The smallest absolute Gasteiger partial charge is 0.246 e. The van der Waals surface area contributed by atoms with E-state index in [2.05, 4.69) is 5.32 Å². The van der Waals surface area contributed by atoms with Crippen LogP contribution in [0.4, 0.5) is 0 Å². The molecular weight excluding hydrogens is 246 g/mol. The Kier molecular flexibility index (Phi) is 4.93. The molecule has 0 radical (unpaired) electrons. The monoisotopic (exact) mass is 261 g/mol. The van der Waals surface area contributed by atoms with Crippen molar-refractivity contribution in [3.8, 4) is 0 Å². The third-order valence-electron chi connectivity index (χ3n) is 2.38. The largest absolute Gasteiger partial charge is 0.367 e. The first-order valence-corrected chi connectivity index (χ1v) is 6.63. The summed E-state index contributed by atoms with van der Waals surface area (Å²) in [6.07, 6.45) is 0. The summed E-state index contributed by atoms with van der Waals surface area (Å²) in [7, 11) is 0. The lowest BCUT2D eigenvalue weighted by Crippen LogP contribution is -2.26. The van der Waals surface area contributed by atoms with Gasteiger partial charge >= 0.3 is 0 Å². The Morgan fingerprint density at radius 2 is 2.00 bits per heavy atom. The minimum absolute atomic E-state index is 0.0840. The lowest BCUT2D eigenvalue weighted by atomic mass is 10.2. The van der Waals surface area contributed by atoms with Crippen LogP contribution in [0.1, 0.15) is 10.4 Å². The molecule has 4 heteroatoms. The minimum Gasteiger partial charge on any atom is -0.367 e. The molecule has 2 rings (SSSR count). The van der Waals surface area contributed by atoms with E-state index in [0.717, 1.165) is 10.4 Å². The summed E-state index contributed by atoms with van der Waals surface area (Å²) in [5.41, 5.74) is 1.07. The van der Waals surface area contributed by atoms with Gasteiger partial charge in [-0.15, -0.1) is 11.3 Å². The van der Waals surface area contributed by atoms with Gasteiger partial charge in [0.1, 0.15) is 6.61 Å². The van der Waals surface area contributed by atoms with Crippen molar-refractivity contribution in [2.24, 2.45) is 0 Å². The highest BCUT2D eigenvalue weighted by atomic mass is 32.1. The Hall–Kier alpha value is -1.65. The van der Waals surface area contributed by atoms with Gasteiger partial charge < -0.3 is 10.1 Å². The molecule has 1 aromatic heterocycles. The van der Waals surface area contributed by atoms with Crippen LogP contribution in [-0.2, 0) is 22.7 Å². The van der Waals surface area contributed by atoms with Crippen LogP contribution in [0, 0.1) is 0 Å². The standard InChI is InChI=1S/C14H15NO2S/c16-14(15-9-13-7-4-8-18-13)11-17-10-12-5-2-1-3-6-12/h1-8H,9-11H2,(H,15,16). The number of carbonyl (C=O) groups excluding carboxylic acids is 1. The Bertz CT molecular complexity index is 468. The normalized spacial score (nSPS) is 10.2. The van der Waals surface area contributed by atoms with Crippen LogP contribution in [0.2, 0.25) is 0 Å². The molecule has 1 amide bonds. The molecule has 0 aliphatic carbocycles. The van der Waals surface area contributed by atoms with Crippen molar-refractivity contribution in [1.29, 1.82) is 0 Å². The molecule has 0 unspecified atom stereocenters. The van der Waals surface area contributed by atoms with Crippen LogP contribution in [0.15, 0.2) is 47.8 Å². The topological polar surface area (TPSA) is 38.3 Å². The first-order chi connectivity index (χ1) is 8.84. The van der Waals surface area contributed by atoms with Crippen molar-refractivity contribution < 1.29 is 9.53 Å². The van der Waals surface area contributed by atoms with E-state index in [-0.39, 0.29) is 12.5 Å². The quantitative estimate of drug-likeness (QED) is 0.868. The maximum absolute atomic E-state index is 11.5. The number of benzene rings is 1. The fourth-order valence-corrected chi connectivity index (χ4v) is 2.13. The minimum atomic E-state index is -0.0840. The summed E-state index contributed by atoms with van der Waals surface area (Å²) in [4.78, 5) is 12.6. The third-order valence-corrected chi connectivity index (χ3v) is 3.26. The molecule has 94 valence electrons. The van der Waals surface area contributed by atoms with E-state index in [0.29, 0.717) is 13.2 Å². The number of thiophene rings is 1. The fourth-order valence-electron chi connectivity index (χ4n) is 1.49. The molecule has 1 aromatic carbocycles. The molecule has 0 atom stereocenters. The van der Waals surface area contributed by atoms with Crippen LogP contribution < -0.4 is 5.32 Å². The Morgan fingerprint density at radius 1 is 1.17 bits per heavy atom. The Morgan fingerprint density at radius 3 is 2.72 bits per heavy atom. The molecule has 0 bridgehead atoms. The number of hydrogen-bond donors (Lipinski definition) is 1. The summed E-state index contributed by atoms with van der Waals surface area (Å²) < 4.78 is 5.34. The third kappa shape index (κ3) is 4.31. The lowest BCUT2D eigenvalue weighted by molar-refractivity contribution is -0.126. The van der Waals surface area contributed by atoms with E-state index in [9.17, 15) is 4.79 Å². The van der Waals surface area contributed by atoms with E-state index in [1.807, 2.05) is 47.8 Å². The Balaban J connectivity index is 1.63. The zero-order valence-electron chi connectivity index (χ0n) is 9.96. The maximum atomic E-state index is 11.5. The molecule has 0 spiro atoms. The van der Waals surface area contributed by atoms with Crippen molar-refractivity contribution in [2.75, 3.05) is 6.61 Å². The van der Waals surface area contributed by atoms with E-state index in [1.54, 1.807) is 11.3 Å². The van der Waals surface area contributed by atoms with Crippen molar-refractivity contribution in [2.45, 2.75) is 13.2 Å². The summed E-state index contributed by atoms with van der Waals surface area (Å²) in [5.74, 6) is -0.0840. The number of ether oxygens (including phenoxy) is 1. The zero-order valence-corrected chi connectivity index (χ0v) is 10.8. The first kappa shape index (κ1) is 12.8. The van der Waals surface area contributed by atoms with E-state index in [1.165, 1.54) is 0 Å². The van der Waals surface area contributed by atoms with Gasteiger partial charge in [-0.3, -0.25) is 4.79 Å². The predicted octanol–water partition coefficient (Wildman–Crippen LogP) is 2.58. The van der Waals surface area contributed by atoms with Crippen LogP contribution in [0.3, 0.4) is 0 Å². The van der Waals surface area contributed by atoms with Gasteiger partial charge in [0.15, 0.2) is 0 Å². The molecule has 1 heterocycles. The van der Waals surface area contributed by atoms with E-state index < -0.39 is 0 Å². The molecule has 1 N–H and O–H groups in total. The van der Waals surface area contributed by atoms with Gasteiger partial charge in [-0.1, -0.05) is 36.4 Å². The second-order valence-corrected chi connectivity index (χ2v) is 4.87. The summed E-state index contributed by atoms with van der Waals surface area (Å²) >= 11 is 1.63. The maximum Gasteiger partial charge on any atom is 0.246 e. The molecule has 0 aliphatic rings. The van der Waals surface area contributed by atoms with Crippen LogP contribution >= 0.6 is 11.3 Å². The Labute approximate surface area is 110 Å². The second kappa shape index (κ2) is 6.93. The van der Waals surface area contributed by atoms with Gasteiger partial charge in [-0.2, -0.15) is 0 Å². The highest BCUT2D eigenvalue weighted by Gasteiger charge is 2.02. The highest BCUT2D eigenvalue weighted by Crippen LogP contribution is 2.07. The SMILES string of the molecule is O=C(COCc1ccccc1)NCc1cccs1. The van der Waals surface area contributed by atoms with Gasteiger partial charge in [0.2, 0.25) is 5.91 Å². The van der Waals surface area contributed by atoms with Crippen molar-refractivity contribution in [3.63, 3.8) is 0 Å². The zero-order chi connectivity index (χ0) is 12.6. The molecule has 0 fully saturated rings. The van der Waals surface area contributed by atoms with Crippen LogP contribution in [-0.4, -0.2) is 12.5 Å². The number of carbonyl (C=O) groups is 1. The highest BCUT2D eigenvalue weighted by molar-refractivity contribution is 7.09. The molecule has 0 saturated heterocycles. The molecule has 2 aromatic rings. The first-order valence-electron chi connectivity index (χ1n) is 5.75. The predicted molar refractivity (Wildman–Crippen MR) is 72.3 cm³/mol.